The second-order valence-corrected chi connectivity index (χ2v) is 5.95. The molecule has 8 heteroatoms. The Morgan fingerprint density at radius 3 is 2.72 bits per heavy atom. The lowest BCUT2D eigenvalue weighted by Gasteiger charge is -2.21. The highest BCUT2D eigenvalue weighted by molar-refractivity contribution is 5.78. The number of hydrogen-bond donors (Lipinski definition) is 2. The number of imidazole rings is 1. The molecule has 1 aliphatic rings. The van der Waals surface area contributed by atoms with E-state index in [1.54, 1.807) is 0 Å². The fourth-order valence-electron chi connectivity index (χ4n) is 2.64. The summed E-state index contributed by atoms with van der Waals surface area (Å²) in [6.45, 7) is 2.26. The Balaban J connectivity index is 1.79. The maximum Gasteiger partial charge on any atom is 0.419 e. The van der Waals surface area contributed by atoms with E-state index in [4.69, 9.17) is 4.74 Å². The highest BCUT2D eigenvalue weighted by Crippen LogP contribution is 2.21. The van der Waals surface area contributed by atoms with Crippen molar-refractivity contribution < 1.29 is 19.1 Å². The molecule has 0 aromatic carbocycles. The summed E-state index contributed by atoms with van der Waals surface area (Å²) in [5.41, 5.74) is 0. The molecule has 2 amide bonds. The third-order valence-electron chi connectivity index (χ3n) is 3.97. The number of amides is 2. The standard InChI is InChI=1S/C17H24N4O4/c1-13(22)19-8-9-20-16(23)14-4-2-3-5-15(7-6-14)25-17(24)21-11-10-18-12-21/h3,5,10-12,14-15H,2,4,6-9H2,1H3,(H,19,22)(H,20,23)/b5-3+/t14-,15?/m0/s1. The molecular formula is C17H24N4O4. The largest absolute Gasteiger partial charge is 0.441 e. The average molecular weight is 348 g/mol. The van der Waals surface area contributed by atoms with E-state index in [9.17, 15) is 14.4 Å². The van der Waals surface area contributed by atoms with Gasteiger partial charge in [0.15, 0.2) is 0 Å². The molecule has 0 saturated carbocycles. The number of carbonyl (C=O) groups is 3. The Labute approximate surface area is 146 Å². The van der Waals surface area contributed by atoms with Gasteiger partial charge in [-0.1, -0.05) is 6.08 Å². The third kappa shape index (κ3) is 6.40. The maximum atomic E-state index is 12.3. The first-order valence-electron chi connectivity index (χ1n) is 8.44. The van der Waals surface area contributed by atoms with E-state index in [2.05, 4.69) is 15.6 Å². The summed E-state index contributed by atoms with van der Waals surface area (Å²) in [4.78, 5) is 38.8. The molecule has 1 aromatic rings. The summed E-state index contributed by atoms with van der Waals surface area (Å²) >= 11 is 0. The summed E-state index contributed by atoms with van der Waals surface area (Å²) in [6, 6.07) is 0. The zero-order valence-corrected chi connectivity index (χ0v) is 14.3. The van der Waals surface area contributed by atoms with Gasteiger partial charge in [-0.15, -0.1) is 0 Å². The number of hydrogen-bond acceptors (Lipinski definition) is 5. The van der Waals surface area contributed by atoms with Crippen molar-refractivity contribution in [3.63, 3.8) is 0 Å². The zero-order chi connectivity index (χ0) is 18.1. The predicted octanol–water partition coefficient (Wildman–Crippen LogP) is 1.24. The summed E-state index contributed by atoms with van der Waals surface area (Å²) < 4.78 is 6.72. The van der Waals surface area contributed by atoms with E-state index < -0.39 is 6.09 Å². The lowest BCUT2D eigenvalue weighted by Crippen LogP contribution is -2.37. The van der Waals surface area contributed by atoms with Gasteiger partial charge in [0.2, 0.25) is 11.8 Å². The predicted molar refractivity (Wildman–Crippen MR) is 90.7 cm³/mol. The smallest absolute Gasteiger partial charge is 0.419 e. The minimum atomic E-state index is -0.482. The van der Waals surface area contributed by atoms with Gasteiger partial charge in [0.05, 0.1) is 0 Å². The first-order chi connectivity index (χ1) is 12.1. The minimum absolute atomic E-state index is 0.0275. The van der Waals surface area contributed by atoms with E-state index in [1.165, 1.54) is 30.2 Å². The van der Waals surface area contributed by atoms with Crippen LogP contribution in [0.3, 0.4) is 0 Å². The molecule has 0 saturated heterocycles. The maximum absolute atomic E-state index is 12.3. The van der Waals surface area contributed by atoms with Crippen LogP contribution in [-0.4, -0.2) is 46.7 Å². The summed E-state index contributed by atoms with van der Waals surface area (Å²) in [5.74, 6) is -0.273. The molecule has 1 aromatic heterocycles. The Morgan fingerprint density at radius 1 is 1.20 bits per heavy atom. The molecule has 0 aliphatic heterocycles. The van der Waals surface area contributed by atoms with Gasteiger partial charge in [-0.25, -0.2) is 14.3 Å². The highest BCUT2D eigenvalue weighted by atomic mass is 16.6. The normalized spacial score (nSPS) is 21.5. The van der Waals surface area contributed by atoms with Crippen LogP contribution >= 0.6 is 0 Å². The van der Waals surface area contributed by atoms with Crippen molar-refractivity contribution in [3.05, 3.63) is 30.9 Å². The van der Waals surface area contributed by atoms with Crippen LogP contribution in [0.2, 0.25) is 0 Å². The summed E-state index contributed by atoms with van der Waals surface area (Å²) in [7, 11) is 0. The van der Waals surface area contributed by atoms with E-state index in [0.717, 1.165) is 12.8 Å². The van der Waals surface area contributed by atoms with Gasteiger partial charge >= 0.3 is 6.09 Å². The van der Waals surface area contributed by atoms with E-state index in [1.807, 2.05) is 12.2 Å². The Morgan fingerprint density at radius 2 is 2.00 bits per heavy atom. The number of allylic oxidation sites excluding steroid dienone is 1. The number of nitrogens with one attached hydrogen (secondary N) is 2. The fourth-order valence-corrected chi connectivity index (χ4v) is 2.64. The molecule has 0 fully saturated rings. The molecule has 0 radical (unpaired) electrons. The lowest BCUT2D eigenvalue weighted by molar-refractivity contribution is -0.126. The molecule has 2 N–H and O–H groups in total. The van der Waals surface area contributed by atoms with Gasteiger partial charge in [0, 0.05) is 38.3 Å². The Hall–Kier alpha value is -2.64. The topological polar surface area (TPSA) is 102 Å². The monoisotopic (exact) mass is 348 g/mol. The van der Waals surface area contributed by atoms with Gasteiger partial charge in [0.25, 0.3) is 0 Å². The number of aromatic nitrogens is 2. The van der Waals surface area contributed by atoms with Crippen molar-refractivity contribution >= 4 is 17.9 Å². The molecule has 8 nitrogen and oxygen atoms in total. The van der Waals surface area contributed by atoms with Gasteiger partial charge < -0.3 is 15.4 Å². The van der Waals surface area contributed by atoms with Crippen molar-refractivity contribution in [3.8, 4) is 0 Å². The Bertz CT molecular complexity index is 612. The van der Waals surface area contributed by atoms with Gasteiger partial charge in [0.1, 0.15) is 12.4 Å². The molecule has 0 bridgehead atoms. The van der Waals surface area contributed by atoms with Crippen LogP contribution in [0, 0.1) is 5.92 Å². The van der Waals surface area contributed by atoms with Crippen LogP contribution in [0.5, 0.6) is 0 Å². The molecule has 136 valence electrons. The van der Waals surface area contributed by atoms with Crippen LogP contribution in [0.4, 0.5) is 4.79 Å². The van der Waals surface area contributed by atoms with E-state index >= 15 is 0 Å². The van der Waals surface area contributed by atoms with Crippen molar-refractivity contribution in [1.29, 1.82) is 0 Å². The molecule has 2 atom stereocenters. The van der Waals surface area contributed by atoms with Crippen molar-refractivity contribution in [2.45, 2.75) is 38.7 Å². The van der Waals surface area contributed by atoms with Gasteiger partial charge in [-0.05, 0) is 31.8 Å². The van der Waals surface area contributed by atoms with Crippen LogP contribution in [-0.2, 0) is 14.3 Å². The number of rotatable bonds is 5. The molecule has 25 heavy (non-hydrogen) atoms. The van der Waals surface area contributed by atoms with E-state index in [0.29, 0.717) is 25.9 Å². The fraction of sp³-hybridized carbons (Fsp3) is 0.529. The quantitative estimate of drug-likeness (QED) is 0.615. The van der Waals surface area contributed by atoms with Crippen LogP contribution in [0.1, 0.15) is 32.6 Å². The van der Waals surface area contributed by atoms with Gasteiger partial charge in [-0.3, -0.25) is 9.59 Å². The molecular weight excluding hydrogens is 324 g/mol. The highest BCUT2D eigenvalue weighted by Gasteiger charge is 2.22. The molecule has 2 rings (SSSR count). The summed E-state index contributed by atoms with van der Waals surface area (Å²) in [6.07, 6.45) is 10.1. The SMILES string of the molecule is CC(=O)NCCNC(=O)[C@H]1CC/C=C/C(OC(=O)n2ccnc2)CC1. The van der Waals surface area contributed by atoms with Crippen molar-refractivity contribution in [2.75, 3.05) is 13.1 Å². The lowest BCUT2D eigenvalue weighted by atomic mass is 9.92. The number of nitrogens with zero attached hydrogens (tertiary/aromatic N) is 2. The molecule has 1 aliphatic carbocycles. The molecule has 1 unspecified atom stereocenters. The Kier molecular flexibility index (Phi) is 7.18. The van der Waals surface area contributed by atoms with Crippen molar-refractivity contribution in [2.24, 2.45) is 5.92 Å². The van der Waals surface area contributed by atoms with E-state index in [-0.39, 0.29) is 23.8 Å². The molecule has 1 heterocycles. The van der Waals surface area contributed by atoms with Crippen LogP contribution in [0.15, 0.2) is 30.9 Å². The number of carbonyl (C=O) groups excluding carboxylic acids is 3. The zero-order valence-electron chi connectivity index (χ0n) is 14.3. The molecule has 0 spiro atoms. The van der Waals surface area contributed by atoms with Crippen molar-refractivity contribution in [1.82, 2.24) is 20.2 Å². The first-order valence-corrected chi connectivity index (χ1v) is 8.44. The second-order valence-electron chi connectivity index (χ2n) is 5.95. The van der Waals surface area contributed by atoms with Crippen LogP contribution in [0.25, 0.3) is 0 Å². The third-order valence-corrected chi connectivity index (χ3v) is 3.97. The first kappa shape index (κ1) is 18.7. The average Bonchev–Trinajstić information content (AvgIpc) is 3.08. The van der Waals surface area contributed by atoms with Crippen LogP contribution < -0.4 is 10.6 Å². The number of ether oxygens (including phenoxy) is 1. The minimum Gasteiger partial charge on any atom is -0.441 e. The second kappa shape index (κ2) is 9.61. The summed E-state index contributed by atoms with van der Waals surface area (Å²) in [5, 5.41) is 5.47. The van der Waals surface area contributed by atoms with Gasteiger partial charge in [-0.2, -0.15) is 0 Å².